The number of hydrogen-bond acceptors (Lipinski definition) is 2. The van der Waals surface area contributed by atoms with Crippen LogP contribution in [0.25, 0.3) is 11.0 Å². The van der Waals surface area contributed by atoms with Gasteiger partial charge in [0.1, 0.15) is 11.6 Å². The standard InChI is InChI=1S/C27H28FN3O/c1-20-14-16-21(17-15-20)19-31-25-12-7-6-11-24(25)30-26(31)13-3-2-8-18-29-27(32)22-9-4-5-10-23(22)28/h4-7,9-12,14-17H,2-3,8,13,18-19H2,1H3,(H,29,32). The summed E-state index contributed by atoms with van der Waals surface area (Å²) in [6, 6.07) is 22.9. The average molecular weight is 430 g/mol. The van der Waals surface area contributed by atoms with Gasteiger partial charge in [-0.2, -0.15) is 0 Å². The normalized spacial score (nSPS) is 11.1. The van der Waals surface area contributed by atoms with Gasteiger partial charge in [-0.05, 0) is 49.6 Å². The number of fused-ring (bicyclic) bond motifs is 1. The molecule has 1 N–H and O–H groups in total. The third kappa shape index (κ3) is 5.22. The lowest BCUT2D eigenvalue weighted by Crippen LogP contribution is -2.25. The van der Waals surface area contributed by atoms with Gasteiger partial charge in [-0.3, -0.25) is 4.79 Å². The minimum Gasteiger partial charge on any atom is -0.352 e. The van der Waals surface area contributed by atoms with Gasteiger partial charge in [0.25, 0.3) is 5.91 Å². The largest absolute Gasteiger partial charge is 0.352 e. The molecule has 0 spiro atoms. The molecule has 0 unspecified atom stereocenters. The summed E-state index contributed by atoms with van der Waals surface area (Å²) in [5, 5.41) is 2.81. The number of nitrogens with zero attached hydrogens (tertiary/aromatic N) is 2. The van der Waals surface area contributed by atoms with E-state index in [0.717, 1.165) is 49.1 Å². The summed E-state index contributed by atoms with van der Waals surface area (Å²) in [5.74, 6) is 0.239. The van der Waals surface area contributed by atoms with Crippen LogP contribution in [0, 0.1) is 12.7 Å². The van der Waals surface area contributed by atoms with Crippen molar-refractivity contribution >= 4 is 16.9 Å². The summed E-state index contributed by atoms with van der Waals surface area (Å²) in [4.78, 5) is 17.0. The van der Waals surface area contributed by atoms with Crippen molar-refractivity contribution in [3.8, 4) is 0 Å². The van der Waals surface area contributed by atoms with Crippen molar-refractivity contribution in [1.82, 2.24) is 14.9 Å². The maximum atomic E-state index is 13.7. The molecule has 4 rings (SSSR count). The van der Waals surface area contributed by atoms with Gasteiger partial charge in [0, 0.05) is 19.5 Å². The van der Waals surface area contributed by atoms with Crippen molar-refractivity contribution < 1.29 is 9.18 Å². The van der Waals surface area contributed by atoms with Crippen molar-refractivity contribution in [3.63, 3.8) is 0 Å². The van der Waals surface area contributed by atoms with Crippen LogP contribution in [-0.4, -0.2) is 22.0 Å². The number of benzene rings is 3. The Morgan fingerprint density at radius 3 is 2.50 bits per heavy atom. The van der Waals surface area contributed by atoms with Gasteiger partial charge >= 0.3 is 0 Å². The van der Waals surface area contributed by atoms with E-state index in [2.05, 4.69) is 59.3 Å². The smallest absolute Gasteiger partial charge is 0.254 e. The van der Waals surface area contributed by atoms with E-state index in [0.29, 0.717) is 6.54 Å². The molecule has 0 aliphatic carbocycles. The summed E-state index contributed by atoms with van der Waals surface area (Å²) >= 11 is 0. The zero-order chi connectivity index (χ0) is 22.3. The minimum absolute atomic E-state index is 0.0947. The highest BCUT2D eigenvalue weighted by Gasteiger charge is 2.12. The highest BCUT2D eigenvalue weighted by molar-refractivity contribution is 5.94. The first kappa shape index (κ1) is 21.8. The minimum atomic E-state index is -0.488. The van der Waals surface area contributed by atoms with E-state index in [4.69, 9.17) is 4.98 Å². The zero-order valence-corrected chi connectivity index (χ0v) is 18.4. The third-order valence-corrected chi connectivity index (χ3v) is 5.68. The number of halogens is 1. The number of carbonyl (C=O) groups is 1. The molecule has 0 saturated heterocycles. The number of unbranched alkanes of at least 4 members (excludes halogenated alkanes) is 2. The van der Waals surface area contributed by atoms with Crippen LogP contribution < -0.4 is 5.32 Å². The lowest BCUT2D eigenvalue weighted by molar-refractivity contribution is 0.0949. The van der Waals surface area contributed by atoms with Crippen molar-refractivity contribution in [1.29, 1.82) is 0 Å². The van der Waals surface area contributed by atoms with Gasteiger partial charge < -0.3 is 9.88 Å². The summed E-state index contributed by atoms with van der Waals surface area (Å²) in [6.07, 6.45) is 3.66. The Morgan fingerprint density at radius 1 is 0.938 bits per heavy atom. The number of carbonyl (C=O) groups excluding carboxylic acids is 1. The molecule has 0 fully saturated rings. The van der Waals surface area contributed by atoms with E-state index in [1.54, 1.807) is 12.1 Å². The number of para-hydroxylation sites is 2. The number of nitrogens with one attached hydrogen (secondary N) is 1. The van der Waals surface area contributed by atoms with Crippen molar-refractivity contribution in [2.75, 3.05) is 6.54 Å². The predicted octanol–water partition coefficient (Wildman–Crippen LogP) is 5.67. The van der Waals surface area contributed by atoms with Gasteiger partial charge in [0.05, 0.1) is 16.6 Å². The number of aromatic nitrogens is 2. The fourth-order valence-electron chi connectivity index (χ4n) is 3.90. The van der Waals surface area contributed by atoms with Crippen LogP contribution in [-0.2, 0) is 13.0 Å². The molecule has 0 aliphatic rings. The van der Waals surface area contributed by atoms with E-state index in [-0.39, 0.29) is 11.5 Å². The lowest BCUT2D eigenvalue weighted by Gasteiger charge is -2.10. The molecule has 164 valence electrons. The third-order valence-electron chi connectivity index (χ3n) is 5.68. The number of rotatable bonds is 9. The Morgan fingerprint density at radius 2 is 1.69 bits per heavy atom. The predicted molar refractivity (Wildman–Crippen MR) is 126 cm³/mol. The van der Waals surface area contributed by atoms with E-state index in [9.17, 15) is 9.18 Å². The van der Waals surface area contributed by atoms with Gasteiger partial charge in [-0.1, -0.05) is 60.5 Å². The van der Waals surface area contributed by atoms with Crippen LogP contribution in [0.1, 0.15) is 46.6 Å². The quantitative estimate of drug-likeness (QED) is 0.348. The molecule has 4 nitrogen and oxygen atoms in total. The first-order chi connectivity index (χ1) is 15.6. The fraction of sp³-hybridized carbons (Fsp3) is 0.259. The highest BCUT2D eigenvalue weighted by atomic mass is 19.1. The van der Waals surface area contributed by atoms with Crippen LogP contribution >= 0.6 is 0 Å². The number of aryl methyl sites for hydroxylation is 2. The van der Waals surface area contributed by atoms with Gasteiger partial charge in [-0.15, -0.1) is 0 Å². The summed E-state index contributed by atoms with van der Waals surface area (Å²) in [7, 11) is 0. The van der Waals surface area contributed by atoms with Crippen LogP contribution in [0.15, 0.2) is 72.8 Å². The van der Waals surface area contributed by atoms with Crippen LogP contribution in [0.4, 0.5) is 4.39 Å². The lowest BCUT2D eigenvalue weighted by atomic mass is 10.1. The molecule has 0 bridgehead atoms. The molecule has 4 aromatic rings. The van der Waals surface area contributed by atoms with E-state index in [1.165, 1.54) is 23.3 Å². The van der Waals surface area contributed by atoms with Gasteiger partial charge in [0.2, 0.25) is 0 Å². The number of imidazole rings is 1. The second kappa shape index (κ2) is 10.2. The monoisotopic (exact) mass is 429 g/mol. The van der Waals surface area contributed by atoms with Crippen LogP contribution in [0.5, 0.6) is 0 Å². The molecule has 5 heteroatoms. The second-order valence-electron chi connectivity index (χ2n) is 8.13. The Labute approximate surface area is 188 Å². The Bertz CT molecular complexity index is 1200. The molecule has 3 aromatic carbocycles. The molecule has 1 heterocycles. The van der Waals surface area contributed by atoms with E-state index < -0.39 is 5.82 Å². The number of amides is 1. The van der Waals surface area contributed by atoms with Gasteiger partial charge in [-0.25, -0.2) is 9.37 Å². The topological polar surface area (TPSA) is 46.9 Å². The van der Waals surface area contributed by atoms with Crippen LogP contribution in [0.3, 0.4) is 0 Å². The Hall–Kier alpha value is -3.47. The molecule has 32 heavy (non-hydrogen) atoms. The fourth-order valence-corrected chi connectivity index (χ4v) is 3.90. The summed E-state index contributed by atoms with van der Waals surface area (Å²) in [5.41, 5.74) is 4.78. The molecule has 0 radical (unpaired) electrons. The van der Waals surface area contributed by atoms with Crippen molar-refractivity contribution in [2.45, 2.75) is 39.2 Å². The van der Waals surface area contributed by atoms with Crippen molar-refractivity contribution in [2.24, 2.45) is 0 Å². The molecule has 0 saturated carbocycles. The number of hydrogen-bond donors (Lipinski definition) is 1. The molecule has 1 aromatic heterocycles. The Balaban J connectivity index is 1.32. The molecule has 0 aliphatic heterocycles. The SMILES string of the molecule is Cc1ccc(Cn2c(CCCCCNC(=O)c3ccccc3F)nc3ccccc32)cc1. The second-order valence-corrected chi connectivity index (χ2v) is 8.13. The maximum Gasteiger partial charge on any atom is 0.254 e. The van der Waals surface area contributed by atoms with Crippen molar-refractivity contribution in [3.05, 3.63) is 101 Å². The maximum absolute atomic E-state index is 13.7. The molecular formula is C27H28FN3O. The van der Waals surface area contributed by atoms with E-state index in [1.807, 2.05) is 6.07 Å². The summed E-state index contributed by atoms with van der Waals surface area (Å²) < 4.78 is 16.0. The van der Waals surface area contributed by atoms with Gasteiger partial charge in [0.15, 0.2) is 0 Å². The highest BCUT2D eigenvalue weighted by Crippen LogP contribution is 2.20. The zero-order valence-electron chi connectivity index (χ0n) is 18.4. The summed E-state index contributed by atoms with van der Waals surface area (Å²) in [6.45, 7) is 3.43. The van der Waals surface area contributed by atoms with Crippen LogP contribution in [0.2, 0.25) is 0 Å². The molecule has 1 amide bonds. The van der Waals surface area contributed by atoms with E-state index >= 15 is 0 Å². The molecular weight excluding hydrogens is 401 g/mol. The Kier molecular flexibility index (Phi) is 6.95. The first-order valence-electron chi connectivity index (χ1n) is 11.1. The molecule has 0 atom stereocenters. The average Bonchev–Trinajstić information content (AvgIpc) is 3.15. The first-order valence-corrected chi connectivity index (χ1v) is 11.1.